The van der Waals surface area contributed by atoms with Crippen LogP contribution >= 0.6 is 52.3 Å². The highest BCUT2D eigenvalue weighted by Crippen LogP contribution is 2.55. The second-order valence-electron chi connectivity index (χ2n) is 7.39. The van der Waals surface area contributed by atoms with Crippen molar-refractivity contribution < 1.29 is 13.6 Å². The monoisotopic (exact) mass is 554 g/mol. The van der Waals surface area contributed by atoms with Crippen LogP contribution in [0.25, 0.3) is 0 Å². The first-order valence-corrected chi connectivity index (χ1v) is 19.0. The summed E-state index contributed by atoms with van der Waals surface area (Å²) in [4.78, 5) is 0. The van der Waals surface area contributed by atoms with Gasteiger partial charge in [0, 0.05) is 23.9 Å². The Morgan fingerprint density at radius 2 is 1.53 bits per heavy atom. The van der Waals surface area contributed by atoms with Crippen molar-refractivity contribution in [2.45, 2.75) is 77.6 Å². The molecule has 184 valence electrons. The third-order valence-electron chi connectivity index (χ3n) is 4.68. The summed E-state index contributed by atoms with van der Waals surface area (Å²) in [5.41, 5.74) is 0. The molecule has 0 bridgehead atoms. The fourth-order valence-electron chi connectivity index (χ4n) is 2.90. The maximum absolute atomic E-state index is 6.01. The number of unbranched alkanes of at least 4 members (excludes halogenated alkanes) is 3. The van der Waals surface area contributed by atoms with E-state index in [4.69, 9.17) is 13.6 Å². The van der Waals surface area contributed by atoms with Gasteiger partial charge in [0.25, 0.3) is 0 Å². The summed E-state index contributed by atoms with van der Waals surface area (Å²) in [5.74, 6) is 0.309. The van der Waals surface area contributed by atoms with Crippen LogP contribution in [-0.4, -0.2) is 18.3 Å². The molecule has 0 aliphatic rings. The highest BCUT2D eigenvalue weighted by molar-refractivity contribution is 8.41. The quantitative estimate of drug-likeness (QED) is 0.0690. The van der Waals surface area contributed by atoms with E-state index >= 15 is 0 Å². The molecule has 32 heavy (non-hydrogen) atoms. The van der Waals surface area contributed by atoms with Crippen LogP contribution in [0, 0.1) is 5.92 Å². The van der Waals surface area contributed by atoms with E-state index in [0.717, 1.165) is 12.8 Å². The van der Waals surface area contributed by atoms with Gasteiger partial charge in [0.2, 0.25) is 0 Å². The summed E-state index contributed by atoms with van der Waals surface area (Å²) in [6, 6.07) is 0. The molecule has 0 radical (unpaired) electrons. The SMILES string of the molecule is CCC=CC(OP(P)P)C(C)C=CC=CC=CC=CC(OPP)C(CCCCCC)OP. The third kappa shape index (κ3) is 18.5. The molecule has 3 nitrogen and oxygen atoms in total. The molecule has 0 aromatic rings. The lowest BCUT2D eigenvalue weighted by Gasteiger charge is -2.22. The lowest BCUT2D eigenvalue weighted by Crippen LogP contribution is -2.25. The van der Waals surface area contributed by atoms with Crippen LogP contribution in [0.3, 0.4) is 0 Å². The van der Waals surface area contributed by atoms with Gasteiger partial charge < -0.3 is 13.6 Å². The molecule has 9 unspecified atom stereocenters. The molecule has 0 aliphatic carbocycles. The first-order valence-electron chi connectivity index (χ1n) is 11.3. The first kappa shape index (κ1) is 33.2. The highest BCUT2D eigenvalue weighted by atomic mass is 32.4. The van der Waals surface area contributed by atoms with Gasteiger partial charge in [-0.2, -0.15) is 0 Å². The average molecular weight is 554 g/mol. The molecule has 0 amide bonds. The lowest BCUT2D eigenvalue weighted by molar-refractivity contribution is 0.104. The first-order chi connectivity index (χ1) is 15.5. The van der Waals surface area contributed by atoms with Crippen molar-refractivity contribution in [3.05, 3.63) is 60.8 Å². The van der Waals surface area contributed by atoms with Gasteiger partial charge in [-0.15, -0.1) is 0 Å². The second kappa shape index (κ2) is 23.9. The minimum Gasteiger partial charge on any atom is -0.359 e. The van der Waals surface area contributed by atoms with Crippen molar-refractivity contribution in [2.24, 2.45) is 5.92 Å². The van der Waals surface area contributed by atoms with Crippen molar-refractivity contribution in [3.63, 3.8) is 0 Å². The maximum Gasteiger partial charge on any atom is 0.107 e. The average Bonchev–Trinajstić information content (AvgIpc) is 2.77. The molecule has 9 heteroatoms. The van der Waals surface area contributed by atoms with Gasteiger partial charge in [-0.05, 0) is 12.8 Å². The number of hydrogen-bond donors (Lipinski definition) is 0. The van der Waals surface area contributed by atoms with Crippen molar-refractivity contribution in [1.29, 1.82) is 0 Å². The summed E-state index contributed by atoms with van der Waals surface area (Å²) in [5, 5.41) is 0. The topological polar surface area (TPSA) is 27.7 Å². The smallest absolute Gasteiger partial charge is 0.107 e. The third-order valence-corrected chi connectivity index (χ3v) is 7.06. The number of rotatable bonds is 19. The Bertz CT molecular complexity index is 578. The van der Waals surface area contributed by atoms with Crippen molar-refractivity contribution in [1.82, 2.24) is 0 Å². The molecule has 0 spiro atoms. The Balaban J connectivity index is 4.68. The predicted octanol–water partition coefficient (Wildman–Crippen LogP) is 9.09. The zero-order valence-corrected chi connectivity index (χ0v) is 26.3. The molecular weight excluding hydrogens is 510 g/mol. The van der Waals surface area contributed by atoms with E-state index < -0.39 is 7.53 Å². The molecular formula is C23H44O3P6. The van der Waals surface area contributed by atoms with Gasteiger partial charge in [-0.25, -0.2) is 0 Å². The summed E-state index contributed by atoms with van der Waals surface area (Å²) >= 11 is 0. The van der Waals surface area contributed by atoms with Gasteiger partial charge in [0.05, 0.1) is 19.7 Å². The summed E-state index contributed by atoms with van der Waals surface area (Å²) in [6.07, 6.45) is 27.9. The largest absolute Gasteiger partial charge is 0.359 e. The van der Waals surface area contributed by atoms with Crippen LogP contribution in [0.5, 0.6) is 0 Å². The molecule has 0 saturated heterocycles. The Labute approximate surface area is 209 Å². The number of allylic oxidation sites excluding steroid dienone is 7. The Morgan fingerprint density at radius 3 is 2.09 bits per heavy atom. The van der Waals surface area contributed by atoms with Gasteiger partial charge in [0.15, 0.2) is 0 Å². The van der Waals surface area contributed by atoms with E-state index in [1.165, 1.54) is 25.7 Å². The van der Waals surface area contributed by atoms with Crippen molar-refractivity contribution >= 4 is 52.3 Å². The normalized spacial score (nSPS) is 17.4. The lowest BCUT2D eigenvalue weighted by atomic mass is 10.0. The van der Waals surface area contributed by atoms with Crippen LogP contribution in [0.15, 0.2) is 60.8 Å². The fourth-order valence-corrected chi connectivity index (χ4v) is 5.43. The zero-order valence-electron chi connectivity index (χ0n) is 19.8. The van der Waals surface area contributed by atoms with Gasteiger partial charge >= 0.3 is 0 Å². The molecule has 0 fully saturated rings. The maximum atomic E-state index is 6.01. The Hall–Kier alpha value is 1.16. The Morgan fingerprint density at radius 1 is 0.875 bits per heavy atom. The van der Waals surface area contributed by atoms with E-state index in [2.05, 4.69) is 87.4 Å². The highest BCUT2D eigenvalue weighted by Gasteiger charge is 2.18. The fraction of sp³-hybridized carbons (Fsp3) is 0.565. The molecule has 0 aliphatic heterocycles. The second-order valence-corrected chi connectivity index (χ2v) is 14.6. The Kier molecular flexibility index (Phi) is 24.7. The molecule has 9 atom stereocenters. The zero-order chi connectivity index (χ0) is 24.0. The predicted molar refractivity (Wildman–Crippen MR) is 163 cm³/mol. The van der Waals surface area contributed by atoms with Crippen LogP contribution in [-0.2, 0) is 13.6 Å². The minimum absolute atomic E-state index is 0.0358. The van der Waals surface area contributed by atoms with E-state index in [9.17, 15) is 0 Å². The summed E-state index contributed by atoms with van der Waals surface area (Å²) in [6.45, 7) is 6.55. The van der Waals surface area contributed by atoms with Crippen LogP contribution in [0.2, 0.25) is 0 Å². The van der Waals surface area contributed by atoms with Gasteiger partial charge in [-0.1, -0.05) is 134 Å². The van der Waals surface area contributed by atoms with Crippen LogP contribution in [0.1, 0.15) is 59.3 Å². The molecule has 0 heterocycles. The standard InChI is InChI=1S/C23H44O3P6/c1-4-6-8-14-18-22(24-27)23(25-31-28)19-15-12-10-9-11-13-16-20(3)21(17-7-5-2)26-32(29)30/h7,9-13,15-17,19-23,31H,4-6,8,14,18,27-30H2,1-3H3. The number of hydrogen-bond acceptors (Lipinski definition) is 3. The van der Waals surface area contributed by atoms with Crippen molar-refractivity contribution in [3.8, 4) is 0 Å². The molecule has 0 N–H and O–H groups in total. The van der Waals surface area contributed by atoms with Crippen molar-refractivity contribution in [2.75, 3.05) is 0 Å². The molecule has 0 saturated carbocycles. The molecule has 0 rings (SSSR count). The van der Waals surface area contributed by atoms with E-state index in [1.807, 2.05) is 30.4 Å². The summed E-state index contributed by atoms with van der Waals surface area (Å²) in [7, 11) is 10.3. The summed E-state index contributed by atoms with van der Waals surface area (Å²) < 4.78 is 17.5. The molecule has 0 aromatic carbocycles. The molecule has 0 aromatic heterocycles. The van der Waals surface area contributed by atoms with Gasteiger partial charge in [-0.3, -0.25) is 0 Å². The minimum atomic E-state index is -0.548. The van der Waals surface area contributed by atoms with E-state index in [1.54, 1.807) is 0 Å². The van der Waals surface area contributed by atoms with E-state index in [-0.39, 0.29) is 18.3 Å². The van der Waals surface area contributed by atoms with Crippen LogP contribution < -0.4 is 0 Å². The van der Waals surface area contributed by atoms with Gasteiger partial charge in [0.1, 0.15) is 6.10 Å². The van der Waals surface area contributed by atoms with Crippen LogP contribution in [0.4, 0.5) is 0 Å². The van der Waals surface area contributed by atoms with E-state index in [0.29, 0.717) is 14.4 Å².